The van der Waals surface area contributed by atoms with Crippen molar-refractivity contribution in [3.05, 3.63) is 44.8 Å². The molecule has 0 unspecified atom stereocenters. The molecule has 3 heterocycles. The molecule has 0 radical (unpaired) electrons. The van der Waals surface area contributed by atoms with Gasteiger partial charge in [0.05, 0.1) is 24.9 Å². The van der Waals surface area contributed by atoms with Crippen LogP contribution in [0.3, 0.4) is 0 Å². The first kappa shape index (κ1) is 15.2. The van der Waals surface area contributed by atoms with Crippen LogP contribution in [-0.4, -0.2) is 40.5 Å². The number of anilines is 1. The monoisotopic (exact) mass is 334 g/mol. The Morgan fingerprint density at radius 2 is 2.26 bits per heavy atom. The van der Waals surface area contributed by atoms with E-state index >= 15 is 0 Å². The molecule has 0 aliphatic carbocycles. The van der Waals surface area contributed by atoms with Gasteiger partial charge in [-0.1, -0.05) is 11.3 Å². The van der Waals surface area contributed by atoms with Gasteiger partial charge in [0.1, 0.15) is 0 Å². The van der Waals surface area contributed by atoms with Crippen LogP contribution >= 0.6 is 11.3 Å². The molecule has 2 amide bonds. The molecule has 2 aromatic rings. The Morgan fingerprint density at radius 1 is 1.43 bits per heavy atom. The number of hydrogen-bond acceptors (Lipinski definition) is 6. The van der Waals surface area contributed by atoms with Crippen molar-refractivity contribution in [2.45, 2.75) is 13.0 Å². The van der Waals surface area contributed by atoms with Crippen LogP contribution in [0.4, 0.5) is 9.93 Å². The number of carbonyl (C=O) groups is 2. The SMILES string of the molecule is COC(=O)Nc1nc2c(s1)CN(C(=O)c1ccc(=O)[nH]c1)CC2. The van der Waals surface area contributed by atoms with E-state index in [9.17, 15) is 14.4 Å². The van der Waals surface area contributed by atoms with E-state index in [2.05, 4.69) is 20.0 Å². The zero-order valence-corrected chi connectivity index (χ0v) is 13.1. The molecule has 3 rings (SSSR count). The summed E-state index contributed by atoms with van der Waals surface area (Å²) in [4.78, 5) is 44.2. The molecule has 2 aromatic heterocycles. The van der Waals surface area contributed by atoms with E-state index in [1.807, 2.05) is 0 Å². The van der Waals surface area contributed by atoms with Gasteiger partial charge in [-0.05, 0) is 6.07 Å². The van der Waals surface area contributed by atoms with E-state index in [4.69, 9.17) is 0 Å². The number of hydrogen-bond donors (Lipinski definition) is 2. The standard InChI is InChI=1S/C14H14N4O4S/c1-22-14(21)17-13-16-9-4-5-18(7-10(9)23-13)12(20)8-2-3-11(19)15-6-8/h2-3,6H,4-5,7H2,1H3,(H,15,19)(H,16,17,21). The van der Waals surface area contributed by atoms with E-state index in [0.29, 0.717) is 30.2 Å². The van der Waals surface area contributed by atoms with Gasteiger partial charge in [0, 0.05) is 30.1 Å². The lowest BCUT2D eigenvalue weighted by Crippen LogP contribution is -2.35. The fourth-order valence-corrected chi connectivity index (χ4v) is 3.30. The van der Waals surface area contributed by atoms with Crippen molar-refractivity contribution < 1.29 is 14.3 Å². The van der Waals surface area contributed by atoms with Crippen molar-refractivity contribution in [2.75, 3.05) is 19.0 Å². The van der Waals surface area contributed by atoms with Crippen molar-refractivity contribution in [1.82, 2.24) is 14.9 Å². The Labute approximate surface area is 135 Å². The summed E-state index contributed by atoms with van der Waals surface area (Å²) in [5.41, 5.74) is 1.07. The van der Waals surface area contributed by atoms with Gasteiger partial charge in [0.25, 0.3) is 5.91 Å². The Kier molecular flexibility index (Phi) is 4.11. The first-order valence-corrected chi connectivity index (χ1v) is 7.70. The van der Waals surface area contributed by atoms with Gasteiger partial charge in [-0.3, -0.25) is 14.9 Å². The van der Waals surface area contributed by atoms with Crippen molar-refractivity contribution in [1.29, 1.82) is 0 Å². The highest BCUT2D eigenvalue weighted by molar-refractivity contribution is 7.15. The fourth-order valence-electron chi connectivity index (χ4n) is 2.29. The third-order valence-electron chi connectivity index (χ3n) is 3.44. The zero-order chi connectivity index (χ0) is 16.4. The number of fused-ring (bicyclic) bond motifs is 1. The number of ether oxygens (including phenoxy) is 1. The molecule has 0 saturated carbocycles. The van der Waals surface area contributed by atoms with E-state index < -0.39 is 6.09 Å². The molecule has 120 valence electrons. The van der Waals surface area contributed by atoms with E-state index in [0.717, 1.165) is 10.6 Å². The summed E-state index contributed by atoms with van der Waals surface area (Å²) in [5, 5.41) is 2.99. The van der Waals surface area contributed by atoms with Gasteiger partial charge in [-0.2, -0.15) is 0 Å². The number of amides is 2. The topological polar surface area (TPSA) is 104 Å². The second kappa shape index (κ2) is 6.21. The number of thiazole rings is 1. The Bertz CT molecular complexity index is 793. The van der Waals surface area contributed by atoms with Gasteiger partial charge in [0.2, 0.25) is 5.56 Å². The number of aromatic nitrogens is 2. The number of H-pyrrole nitrogens is 1. The van der Waals surface area contributed by atoms with Crippen LogP contribution in [-0.2, 0) is 17.7 Å². The number of rotatable bonds is 2. The zero-order valence-electron chi connectivity index (χ0n) is 12.3. The molecule has 1 aliphatic heterocycles. The summed E-state index contributed by atoms with van der Waals surface area (Å²) in [6.45, 7) is 0.959. The van der Waals surface area contributed by atoms with E-state index in [1.165, 1.54) is 36.8 Å². The minimum Gasteiger partial charge on any atom is -0.453 e. The fraction of sp³-hybridized carbons (Fsp3) is 0.286. The molecule has 0 atom stereocenters. The quantitative estimate of drug-likeness (QED) is 0.859. The Balaban J connectivity index is 1.74. The molecule has 1 aliphatic rings. The lowest BCUT2D eigenvalue weighted by atomic mass is 10.1. The third-order valence-corrected chi connectivity index (χ3v) is 4.44. The highest BCUT2D eigenvalue weighted by atomic mass is 32.1. The molecule has 8 nitrogen and oxygen atoms in total. The molecule has 0 fully saturated rings. The molecule has 0 bridgehead atoms. The van der Waals surface area contributed by atoms with Crippen molar-refractivity contribution in [3.63, 3.8) is 0 Å². The number of pyridine rings is 1. The van der Waals surface area contributed by atoms with Crippen molar-refractivity contribution in [3.8, 4) is 0 Å². The number of nitrogens with zero attached hydrogens (tertiary/aromatic N) is 2. The minimum absolute atomic E-state index is 0.150. The van der Waals surface area contributed by atoms with Crippen LogP contribution in [0.15, 0.2) is 23.1 Å². The summed E-state index contributed by atoms with van der Waals surface area (Å²) in [5.74, 6) is -0.150. The molecule has 0 saturated heterocycles. The normalized spacial score (nSPS) is 13.3. The summed E-state index contributed by atoms with van der Waals surface area (Å²) in [6.07, 6.45) is 1.46. The molecule has 9 heteroatoms. The molecule has 0 aromatic carbocycles. The maximum absolute atomic E-state index is 12.5. The number of carbonyl (C=O) groups excluding carboxylic acids is 2. The van der Waals surface area contributed by atoms with Gasteiger partial charge >= 0.3 is 6.09 Å². The first-order valence-electron chi connectivity index (χ1n) is 6.88. The van der Waals surface area contributed by atoms with Crippen LogP contribution < -0.4 is 10.9 Å². The van der Waals surface area contributed by atoms with Crippen LogP contribution in [0.5, 0.6) is 0 Å². The van der Waals surface area contributed by atoms with Gasteiger partial charge in [0.15, 0.2) is 5.13 Å². The van der Waals surface area contributed by atoms with Gasteiger partial charge in [-0.15, -0.1) is 0 Å². The summed E-state index contributed by atoms with van der Waals surface area (Å²) < 4.78 is 4.54. The summed E-state index contributed by atoms with van der Waals surface area (Å²) in [7, 11) is 1.29. The van der Waals surface area contributed by atoms with Crippen LogP contribution in [0.25, 0.3) is 0 Å². The van der Waals surface area contributed by atoms with Crippen molar-refractivity contribution >= 4 is 28.5 Å². The van der Waals surface area contributed by atoms with Gasteiger partial charge in [-0.25, -0.2) is 9.78 Å². The van der Waals surface area contributed by atoms with E-state index in [-0.39, 0.29) is 11.5 Å². The number of nitrogens with one attached hydrogen (secondary N) is 2. The molecule has 23 heavy (non-hydrogen) atoms. The lowest BCUT2D eigenvalue weighted by Gasteiger charge is -2.26. The highest BCUT2D eigenvalue weighted by Gasteiger charge is 2.25. The average molecular weight is 334 g/mol. The molecular weight excluding hydrogens is 320 g/mol. The van der Waals surface area contributed by atoms with E-state index in [1.54, 1.807) is 4.90 Å². The second-order valence-electron chi connectivity index (χ2n) is 4.92. The Hall–Kier alpha value is -2.68. The van der Waals surface area contributed by atoms with Crippen LogP contribution in [0.1, 0.15) is 20.9 Å². The largest absolute Gasteiger partial charge is 0.453 e. The lowest BCUT2D eigenvalue weighted by molar-refractivity contribution is 0.0735. The number of methoxy groups -OCH3 is 1. The second-order valence-corrected chi connectivity index (χ2v) is 6.01. The predicted molar refractivity (Wildman–Crippen MR) is 83.6 cm³/mol. The van der Waals surface area contributed by atoms with Gasteiger partial charge < -0.3 is 14.6 Å². The minimum atomic E-state index is -0.572. The van der Waals surface area contributed by atoms with Crippen LogP contribution in [0, 0.1) is 0 Å². The maximum atomic E-state index is 12.5. The predicted octanol–water partition coefficient (Wildman–Crippen LogP) is 1.21. The number of aromatic amines is 1. The third kappa shape index (κ3) is 3.24. The smallest absolute Gasteiger partial charge is 0.413 e. The summed E-state index contributed by atoms with van der Waals surface area (Å²) in [6, 6.07) is 2.83. The summed E-state index contributed by atoms with van der Waals surface area (Å²) >= 11 is 1.32. The van der Waals surface area contributed by atoms with Crippen molar-refractivity contribution in [2.24, 2.45) is 0 Å². The maximum Gasteiger partial charge on any atom is 0.413 e. The highest BCUT2D eigenvalue weighted by Crippen LogP contribution is 2.29. The molecule has 2 N–H and O–H groups in total. The molecular formula is C14H14N4O4S. The first-order chi connectivity index (χ1) is 11.1. The van der Waals surface area contributed by atoms with Crippen LogP contribution in [0.2, 0.25) is 0 Å². The Morgan fingerprint density at radius 3 is 2.96 bits per heavy atom. The molecule has 0 spiro atoms. The average Bonchev–Trinajstić information content (AvgIpc) is 2.96.